The van der Waals surface area contributed by atoms with Crippen molar-refractivity contribution in [2.45, 2.75) is 6.18 Å². The van der Waals surface area contributed by atoms with Crippen LogP contribution in [-0.4, -0.2) is 27.4 Å². The van der Waals surface area contributed by atoms with Gasteiger partial charge in [-0.2, -0.15) is 13.2 Å². The summed E-state index contributed by atoms with van der Waals surface area (Å²) in [7, 11) is -3.73. The molecule has 10 heavy (non-hydrogen) atoms. The summed E-state index contributed by atoms with van der Waals surface area (Å²) in [4.78, 5) is 0. The van der Waals surface area contributed by atoms with Crippen molar-refractivity contribution in [2.24, 2.45) is 0 Å². The van der Waals surface area contributed by atoms with Crippen molar-refractivity contribution in [3.05, 3.63) is 0 Å². The number of rotatable bonds is 2. The SMILES string of the molecule is CS(=O)(=O)NCC(F)(F)F. The van der Waals surface area contributed by atoms with Gasteiger partial charge in [0.05, 0.1) is 6.26 Å². The van der Waals surface area contributed by atoms with Crippen LogP contribution in [0.4, 0.5) is 13.2 Å². The first-order valence-corrected chi connectivity index (χ1v) is 4.11. The van der Waals surface area contributed by atoms with E-state index in [9.17, 15) is 21.6 Å². The van der Waals surface area contributed by atoms with Crippen LogP contribution in [0.5, 0.6) is 0 Å². The highest BCUT2D eigenvalue weighted by molar-refractivity contribution is 7.88. The van der Waals surface area contributed by atoms with E-state index in [4.69, 9.17) is 0 Å². The van der Waals surface area contributed by atoms with Crippen molar-refractivity contribution in [3.8, 4) is 0 Å². The molecule has 0 aliphatic rings. The van der Waals surface area contributed by atoms with Gasteiger partial charge in [0.1, 0.15) is 6.54 Å². The van der Waals surface area contributed by atoms with Gasteiger partial charge in [-0.3, -0.25) is 0 Å². The predicted octanol–water partition coefficient (Wildman–Crippen LogP) is 0.0979. The topological polar surface area (TPSA) is 46.2 Å². The quantitative estimate of drug-likeness (QED) is 0.650. The molecule has 0 saturated carbocycles. The molecule has 0 aromatic rings. The lowest BCUT2D eigenvalue weighted by Crippen LogP contribution is -2.32. The highest BCUT2D eigenvalue weighted by Crippen LogP contribution is 2.12. The second-order valence-electron chi connectivity index (χ2n) is 1.71. The van der Waals surface area contributed by atoms with Crippen molar-refractivity contribution < 1.29 is 21.6 Å². The molecule has 0 unspecified atom stereocenters. The van der Waals surface area contributed by atoms with E-state index >= 15 is 0 Å². The standard InChI is InChI=1S/C3H6F3NO2S/c1-10(8,9)7-2-3(4,5)6/h7H,2H2,1H3. The van der Waals surface area contributed by atoms with Crippen molar-refractivity contribution in [3.63, 3.8) is 0 Å². The van der Waals surface area contributed by atoms with E-state index in [2.05, 4.69) is 0 Å². The average molecular weight is 177 g/mol. The van der Waals surface area contributed by atoms with Crippen LogP contribution in [0.25, 0.3) is 0 Å². The second kappa shape index (κ2) is 2.75. The number of halogens is 3. The molecular formula is C3H6F3NO2S. The third-order valence-electron chi connectivity index (χ3n) is 0.535. The lowest BCUT2D eigenvalue weighted by Gasteiger charge is -2.04. The van der Waals surface area contributed by atoms with Gasteiger partial charge in [-0.1, -0.05) is 0 Å². The molecule has 3 nitrogen and oxygen atoms in total. The summed E-state index contributed by atoms with van der Waals surface area (Å²) in [6.45, 7) is -1.51. The average Bonchev–Trinajstić information content (AvgIpc) is 1.57. The van der Waals surface area contributed by atoms with Crippen LogP contribution in [0.3, 0.4) is 0 Å². The first-order chi connectivity index (χ1) is 4.21. The van der Waals surface area contributed by atoms with Gasteiger partial charge < -0.3 is 0 Å². The molecule has 7 heteroatoms. The van der Waals surface area contributed by atoms with Crippen LogP contribution in [0.15, 0.2) is 0 Å². The van der Waals surface area contributed by atoms with Gasteiger partial charge in [-0.15, -0.1) is 0 Å². The van der Waals surface area contributed by atoms with Gasteiger partial charge in [-0.05, 0) is 0 Å². The van der Waals surface area contributed by atoms with Crippen molar-refractivity contribution in [1.29, 1.82) is 0 Å². The zero-order valence-corrected chi connectivity index (χ0v) is 5.88. The normalized spacial score (nSPS) is 13.6. The smallest absolute Gasteiger partial charge is 0.213 e. The Balaban J connectivity index is 3.79. The van der Waals surface area contributed by atoms with Crippen LogP contribution < -0.4 is 4.72 Å². The van der Waals surface area contributed by atoms with Crippen LogP contribution in [0, 0.1) is 0 Å². The molecule has 1 N–H and O–H groups in total. The largest absolute Gasteiger partial charge is 0.402 e. The molecule has 0 radical (unpaired) electrons. The summed E-state index contributed by atoms with van der Waals surface area (Å²) in [5, 5.41) is 0. The first-order valence-electron chi connectivity index (χ1n) is 2.22. The van der Waals surface area contributed by atoms with Gasteiger partial charge in [0.15, 0.2) is 0 Å². The van der Waals surface area contributed by atoms with E-state index in [1.54, 1.807) is 0 Å². The van der Waals surface area contributed by atoms with E-state index < -0.39 is 22.7 Å². The summed E-state index contributed by atoms with van der Waals surface area (Å²) in [6, 6.07) is 0. The Bertz CT molecular complexity index is 194. The molecule has 0 atom stereocenters. The Hall–Kier alpha value is -0.300. The van der Waals surface area contributed by atoms with E-state index in [1.165, 1.54) is 4.72 Å². The third-order valence-corrected chi connectivity index (χ3v) is 1.20. The van der Waals surface area contributed by atoms with Crippen LogP contribution >= 0.6 is 0 Å². The fraction of sp³-hybridized carbons (Fsp3) is 1.00. The first kappa shape index (κ1) is 9.70. The van der Waals surface area contributed by atoms with Crippen LogP contribution in [-0.2, 0) is 10.0 Å². The summed E-state index contributed by atoms with van der Waals surface area (Å²) in [5.41, 5.74) is 0. The molecule has 62 valence electrons. The molecule has 0 spiro atoms. The molecule has 0 aromatic heterocycles. The molecule has 0 aliphatic heterocycles. The van der Waals surface area contributed by atoms with E-state index in [0.29, 0.717) is 6.26 Å². The maximum atomic E-state index is 11.3. The molecule has 0 amide bonds. The zero-order chi connectivity index (χ0) is 8.41. The molecule has 0 saturated heterocycles. The summed E-state index contributed by atoms with van der Waals surface area (Å²) in [6.07, 6.45) is -3.82. The van der Waals surface area contributed by atoms with Gasteiger partial charge in [-0.25, -0.2) is 13.1 Å². The van der Waals surface area contributed by atoms with Crippen LogP contribution in [0.2, 0.25) is 0 Å². The van der Waals surface area contributed by atoms with E-state index in [-0.39, 0.29) is 0 Å². The van der Waals surface area contributed by atoms with Gasteiger partial charge in [0, 0.05) is 0 Å². The molecule has 0 bridgehead atoms. The maximum absolute atomic E-state index is 11.3. The molecule has 0 aliphatic carbocycles. The van der Waals surface area contributed by atoms with Gasteiger partial charge in [0.25, 0.3) is 0 Å². The summed E-state index contributed by atoms with van der Waals surface area (Å²) >= 11 is 0. The minimum Gasteiger partial charge on any atom is -0.213 e. The Labute approximate surface area is 56.3 Å². The Morgan fingerprint density at radius 1 is 1.40 bits per heavy atom. The maximum Gasteiger partial charge on any atom is 0.402 e. The number of hydrogen-bond donors (Lipinski definition) is 1. The molecule has 0 fully saturated rings. The fourth-order valence-corrected chi connectivity index (χ4v) is 0.639. The summed E-state index contributed by atoms with van der Waals surface area (Å²) < 4.78 is 55.2. The molecule has 0 rings (SSSR count). The van der Waals surface area contributed by atoms with Crippen LogP contribution in [0.1, 0.15) is 0 Å². The molecule has 0 heterocycles. The van der Waals surface area contributed by atoms with Gasteiger partial charge >= 0.3 is 6.18 Å². The Kier molecular flexibility index (Phi) is 2.67. The van der Waals surface area contributed by atoms with E-state index in [0.717, 1.165) is 0 Å². The Morgan fingerprint density at radius 2 is 1.80 bits per heavy atom. The highest BCUT2D eigenvalue weighted by Gasteiger charge is 2.28. The highest BCUT2D eigenvalue weighted by atomic mass is 32.2. The number of hydrogen-bond acceptors (Lipinski definition) is 2. The molecule has 0 aromatic carbocycles. The minimum absolute atomic E-state index is 0.665. The minimum atomic E-state index is -4.48. The lowest BCUT2D eigenvalue weighted by molar-refractivity contribution is -0.121. The fourth-order valence-electron chi connectivity index (χ4n) is 0.213. The number of sulfonamides is 1. The van der Waals surface area contributed by atoms with E-state index in [1.807, 2.05) is 0 Å². The third kappa shape index (κ3) is 7.70. The second-order valence-corrected chi connectivity index (χ2v) is 3.54. The predicted molar refractivity (Wildman–Crippen MR) is 28.9 cm³/mol. The molecular weight excluding hydrogens is 171 g/mol. The number of alkyl halides is 3. The summed E-state index contributed by atoms with van der Waals surface area (Å²) in [5.74, 6) is 0. The van der Waals surface area contributed by atoms with Gasteiger partial charge in [0.2, 0.25) is 10.0 Å². The van der Waals surface area contributed by atoms with Crippen molar-refractivity contribution in [2.75, 3.05) is 12.8 Å². The monoisotopic (exact) mass is 177 g/mol. The Morgan fingerprint density at radius 3 is 1.90 bits per heavy atom. The lowest BCUT2D eigenvalue weighted by atomic mass is 10.7. The zero-order valence-electron chi connectivity index (χ0n) is 5.07. The van der Waals surface area contributed by atoms with Crippen molar-refractivity contribution in [1.82, 2.24) is 4.72 Å². The van der Waals surface area contributed by atoms with Crippen molar-refractivity contribution >= 4 is 10.0 Å². The number of nitrogens with one attached hydrogen (secondary N) is 1.